The molecule has 4 unspecified atom stereocenters. The van der Waals surface area contributed by atoms with Gasteiger partial charge in [0.1, 0.15) is 17.5 Å². The van der Waals surface area contributed by atoms with Crippen LogP contribution in [0.5, 0.6) is 0 Å². The molecule has 6 rings (SSSR count). The van der Waals surface area contributed by atoms with Gasteiger partial charge in [0.15, 0.2) is 0 Å². The van der Waals surface area contributed by atoms with E-state index in [-0.39, 0.29) is 39.7 Å². The molecule has 3 aliphatic rings. The van der Waals surface area contributed by atoms with Crippen molar-refractivity contribution in [2.24, 2.45) is 0 Å². The largest absolute Gasteiger partial charge is 0.444 e. The van der Waals surface area contributed by atoms with Gasteiger partial charge in [0.05, 0.1) is 18.7 Å². The summed E-state index contributed by atoms with van der Waals surface area (Å²) in [5.41, 5.74) is 1.32. The quantitative estimate of drug-likeness (QED) is 0.178. The molecule has 0 radical (unpaired) electrons. The number of aliphatic hydroxyl groups is 1. The molecule has 17 heteroatoms. The SMILES string of the molecule is CC(=O)OI1(OC(C)=O)(OC(C)=O)OC(=O)c2ccccc21.CC(C)(C)OC(=O)N1CC(c2ccccc2)CC1C=O.CC(C)(C)OC(=O)N1CC(c2ccccc2)CC1CO. The van der Waals surface area contributed by atoms with Crippen LogP contribution in [-0.2, 0) is 40.9 Å². The summed E-state index contributed by atoms with van der Waals surface area (Å²) in [4.78, 5) is 85.5. The second kappa shape index (κ2) is 20.1. The van der Waals surface area contributed by atoms with Crippen molar-refractivity contribution in [3.63, 3.8) is 0 Å². The number of hydrogen-bond acceptors (Lipinski definition) is 14. The zero-order chi connectivity index (χ0) is 46.1. The summed E-state index contributed by atoms with van der Waals surface area (Å²) >= 11 is -6.03. The Hall–Kier alpha value is -5.56. The summed E-state index contributed by atoms with van der Waals surface area (Å²) in [6.07, 6.45) is 1.53. The molecule has 3 aromatic carbocycles. The fraction of sp³-hybridized carbons (Fsp3) is 0.444. The minimum Gasteiger partial charge on any atom is -0.444 e. The number of likely N-dealkylation sites (tertiary alicyclic amines) is 2. The first-order valence-electron chi connectivity index (χ1n) is 20.0. The number of halogens is 1. The van der Waals surface area contributed by atoms with E-state index < -0.39 is 65.9 Å². The molecule has 0 saturated carbocycles. The monoisotopic (exact) mass is 976 g/mol. The molecule has 2 amide bonds. The molecule has 0 aromatic heterocycles. The van der Waals surface area contributed by atoms with E-state index in [4.69, 9.17) is 21.7 Å². The average molecular weight is 977 g/mol. The van der Waals surface area contributed by atoms with E-state index in [2.05, 4.69) is 12.1 Å². The predicted octanol–water partition coefficient (Wildman–Crippen LogP) is 7.70. The predicted molar refractivity (Wildman–Crippen MR) is 234 cm³/mol. The van der Waals surface area contributed by atoms with Crippen LogP contribution in [0.3, 0.4) is 0 Å². The van der Waals surface area contributed by atoms with Gasteiger partial charge in [-0.1, -0.05) is 60.7 Å². The van der Waals surface area contributed by atoms with Crippen LogP contribution in [0, 0.1) is 3.57 Å². The van der Waals surface area contributed by atoms with Crippen molar-refractivity contribution in [2.45, 2.75) is 110 Å². The van der Waals surface area contributed by atoms with Crippen molar-refractivity contribution in [2.75, 3.05) is 19.7 Å². The van der Waals surface area contributed by atoms with Crippen LogP contribution in [0.2, 0.25) is 0 Å². The van der Waals surface area contributed by atoms with Gasteiger partial charge in [0.25, 0.3) is 0 Å². The first-order chi connectivity index (χ1) is 29.0. The van der Waals surface area contributed by atoms with Gasteiger partial charge in [0.2, 0.25) is 0 Å². The molecule has 338 valence electrons. The number of aliphatic hydroxyl groups excluding tert-OH is 1. The van der Waals surface area contributed by atoms with Crippen LogP contribution in [0.1, 0.15) is 108 Å². The third-order valence-corrected chi connectivity index (χ3v) is 17.4. The van der Waals surface area contributed by atoms with E-state index in [9.17, 15) is 38.7 Å². The van der Waals surface area contributed by atoms with Crippen LogP contribution in [-0.4, -0.2) is 100 Å². The number of rotatable bonds is 7. The van der Waals surface area contributed by atoms with Gasteiger partial charge in [-0.25, -0.2) is 9.59 Å². The maximum absolute atomic E-state index is 12.2. The van der Waals surface area contributed by atoms with Crippen molar-refractivity contribution in [3.05, 3.63) is 105 Å². The Bertz CT molecular complexity index is 2050. The van der Waals surface area contributed by atoms with Crippen molar-refractivity contribution >= 4 is 61.1 Å². The Labute approximate surface area is 364 Å². The average Bonchev–Trinajstić information content (AvgIpc) is 3.88. The van der Waals surface area contributed by atoms with Gasteiger partial charge < -0.3 is 24.3 Å². The standard InChI is InChI=1S/C16H23NO3.C16H21NO3.C13H13IO8/c2*1-16(2,3)20-15(19)17-10-13(9-14(17)11-18)12-7-5-4-6-8-12;1-8(15)19-14(20-9(2)16,21-10(3)17)12-7-5-4-6-11(12)13(18)22-14/h4-8,13-14,18H,9-11H2,1-3H3;4-8,11,13-14H,9-10H2,1-3H3;4-7H,1-3H3. The molecule has 3 aromatic rings. The van der Waals surface area contributed by atoms with E-state index in [1.54, 1.807) is 11.0 Å². The topological polar surface area (TPSA) is 202 Å². The molecule has 2 saturated heterocycles. The number of aldehydes is 1. The van der Waals surface area contributed by atoms with Crippen molar-refractivity contribution in [1.82, 2.24) is 9.80 Å². The van der Waals surface area contributed by atoms with Crippen molar-refractivity contribution in [1.29, 1.82) is 0 Å². The summed E-state index contributed by atoms with van der Waals surface area (Å²) in [5.74, 6) is -3.18. The summed E-state index contributed by atoms with van der Waals surface area (Å²) in [6, 6.07) is 25.3. The number of fused-ring (bicyclic) bond motifs is 1. The van der Waals surface area contributed by atoms with Gasteiger partial charge in [0, 0.05) is 24.9 Å². The number of carbonyl (C=O) groups excluding carboxylic acids is 7. The third kappa shape index (κ3) is 12.5. The van der Waals surface area contributed by atoms with Crippen molar-refractivity contribution < 1.29 is 60.4 Å². The molecular weight excluding hydrogens is 919 g/mol. The minimum absolute atomic E-state index is 0.0142. The first-order valence-corrected chi connectivity index (χ1v) is 24.6. The summed E-state index contributed by atoms with van der Waals surface area (Å²) in [6.45, 7) is 15.2. The summed E-state index contributed by atoms with van der Waals surface area (Å²) in [7, 11) is 0. The smallest absolute Gasteiger partial charge is 0.410 e. The molecule has 0 aliphatic carbocycles. The molecule has 16 nitrogen and oxygen atoms in total. The summed E-state index contributed by atoms with van der Waals surface area (Å²) in [5, 5.41) is 9.50. The molecule has 62 heavy (non-hydrogen) atoms. The molecule has 3 aliphatic heterocycles. The number of benzene rings is 3. The van der Waals surface area contributed by atoms with Gasteiger partial charge in [-0.2, -0.15) is 0 Å². The van der Waals surface area contributed by atoms with Crippen LogP contribution in [0.15, 0.2) is 84.9 Å². The number of ether oxygens (including phenoxy) is 2. The number of hydrogen-bond donors (Lipinski definition) is 1. The fourth-order valence-electron chi connectivity index (χ4n) is 6.97. The van der Waals surface area contributed by atoms with E-state index >= 15 is 0 Å². The van der Waals surface area contributed by atoms with E-state index in [0.29, 0.717) is 19.5 Å². The van der Waals surface area contributed by atoms with Gasteiger partial charge in [-0.3, -0.25) is 4.90 Å². The molecule has 0 spiro atoms. The van der Waals surface area contributed by atoms with Gasteiger partial charge in [-0.05, 0) is 65.5 Å². The molecule has 1 N–H and O–H groups in total. The molecule has 4 atom stereocenters. The minimum atomic E-state index is -6.03. The molecule has 2 fully saturated rings. The van der Waals surface area contributed by atoms with Gasteiger partial charge >= 0.3 is 140 Å². The molecule has 3 heterocycles. The van der Waals surface area contributed by atoms with Gasteiger partial charge in [-0.15, -0.1) is 0 Å². The van der Waals surface area contributed by atoms with Crippen LogP contribution in [0.25, 0.3) is 0 Å². The fourth-order valence-corrected chi connectivity index (χ4v) is 14.7. The zero-order valence-corrected chi connectivity index (χ0v) is 38.7. The molecular formula is C45H57IN2O14. The Morgan fingerprint density at radius 3 is 1.53 bits per heavy atom. The van der Waals surface area contributed by atoms with Crippen LogP contribution >= 0.6 is 18.7 Å². The van der Waals surface area contributed by atoms with E-state index in [1.807, 2.05) is 90.1 Å². The number of carbonyl (C=O) groups is 7. The van der Waals surface area contributed by atoms with Crippen molar-refractivity contribution in [3.8, 4) is 0 Å². The second-order valence-electron chi connectivity index (χ2n) is 16.7. The number of nitrogens with zero attached hydrogens (tertiary/aromatic N) is 2. The van der Waals surface area contributed by atoms with Crippen LogP contribution in [0.4, 0.5) is 9.59 Å². The Morgan fingerprint density at radius 2 is 1.10 bits per heavy atom. The second-order valence-corrected chi connectivity index (χ2v) is 23.6. The normalized spacial score (nSPS) is 21.4. The Kier molecular flexibility index (Phi) is 15.9. The van der Waals surface area contributed by atoms with E-state index in [1.165, 1.54) is 28.7 Å². The third-order valence-electron chi connectivity index (χ3n) is 9.28. The zero-order valence-electron chi connectivity index (χ0n) is 36.5. The summed E-state index contributed by atoms with van der Waals surface area (Å²) < 4.78 is 31.3. The van der Waals surface area contributed by atoms with E-state index in [0.717, 1.165) is 39.0 Å². The maximum atomic E-state index is 12.2. The Morgan fingerprint density at radius 1 is 0.677 bits per heavy atom. The molecule has 0 bridgehead atoms. The van der Waals surface area contributed by atoms with Crippen LogP contribution < -0.4 is 0 Å². The first kappa shape index (κ1) is 49.1. The Balaban J connectivity index is 0.000000205. The maximum Gasteiger partial charge on any atom is 0.410 e. The number of amides is 2.